The molecule has 0 saturated carbocycles. The molecule has 0 saturated heterocycles. The van der Waals surface area contributed by atoms with Crippen molar-refractivity contribution in [1.82, 2.24) is 0 Å². The van der Waals surface area contributed by atoms with Gasteiger partial charge in [0.1, 0.15) is 0 Å². The van der Waals surface area contributed by atoms with Gasteiger partial charge in [-0.1, -0.05) is 43.1 Å². The molecule has 2 N–H and O–H groups in total. The molecule has 1 atom stereocenters. The number of rotatable bonds is 5. The summed E-state index contributed by atoms with van der Waals surface area (Å²) in [4.78, 5) is 0. The summed E-state index contributed by atoms with van der Waals surface area (Å²) in [6.45, 7) is 4.35. The minimum absolute atomic E-state index is 0.145. The fraction of sp³-hybridized carbons (Fsp3) is 0.500. The Morgan fingerprint density at radius 1 is 1.31 bits per heavy atom. The van der Waals surface area contributed by atoms with Gasteiger partial charge in [0.2, 0.25) is 0 Å². The second-order valence-corrected chi connectivity index (χ2v) is 6.54. The zero-order valence-corrected chi connectivity index (χ0v) is 11.9. The van der Waals surface area contributed by atoms with E-state index in [1.54, 1.807) is 6.07 Å². The maximum Gasteiger partial charge on any atom is 0.0453 e. The van der Waals surface area contributed by atoms with Gasteiger partial charge in [-0.2, -0.15) is 11.8 Å². The summed E-state index contributed by atoms with van der Waals surface area (Å²) < 4.78 is 0. The van der Waals surface area contributed by atoms with Crippen molar-refractivity contribution in [3.8, 4) is 0 Å². The number of nitrogens with two attached hydrogens (primary N) is 1. The molecule has 90 valence electrons. The monoisotopic (exact) mass is 277 g/mol. The standard InChI is InChI=1S/C12H17Cl2NS/c1-8(2)16-7-11(15)5-9-3-4-10(13)6-12(9)14/h3-4,6,8,11H,5,7,15H2,1-2H3. The zero-order valence-electron chi connectivity index (χ0n) is 9.54. The topological polar surface area (TPSA) is 26.0 Å². The second-order valence-electron chi connectivity index (χ2n) is 4.08. The van der Waals surface area contributed by atoms with E-state index in [1.165, 1.54) is 0 Å². The highest BCUT2D eigenvalue weighted by Gasteiger charge is 2.08. The molecular formula is C12H17Cl2NS. The first-order valence-electron chi connectivity index (χ1n) is 5.30. The highest BCUT2D eigenvalue weighted by molar-refractivity contribution is 7.99. The molecule has 0 heterocycles. The van der Waals surface area contributed by atoms with Crippen molar-refractivity contribution in [2.75, 3.05) is 5.75 Å². The minimum Gasteiger partial charge on any atom is -0.327 e. The van der Waals surface area contributed by atoms with Crippen molar-refractivity contribution < 1.29 is 0 Å². The smallest absolute Gasteiger partial charge is 0.0453 e. The van der Waals surface area contributed by atoms with Crippen LogP contribution in [0.25, 0.3) is 0 Å². The van der Waals surface area contributed by atoms with Crippen LogP contribution in [0, 0.1) is 0 Å². The van der Waals surface area contributed by atoms with E-state index in [0.717, 1.165) is 17.7 Å². The first-order chi connectivity index (χ1) is 7.49. The van der Waals surface area contributed by atoms with Crippen molar-refractivity contribution >= 4 is 35.0 Å². The Labute approximate surface area is 112 Å². The molecule has 0 aliphatic heterocycles. The van der Waals surface area contributed by atoms with E-state index < -0.39 is 0 Å². The summed E-state index contributed by atoms with van der Waals surface area (Å²) in [5, 5.41) is 1.99. The van der Waals surface area contributed by atoms with Gasteiger partial charge in [0.25, 0.3) is 0 Å². The predicted octanol–water partition coefficient (Wildman–Crippen LogP) is 4.00. The van der Waals surface area contributed by atoms with Crippen LogP contribution in [0.4, 0.5) is 0 Å². The minimum atomic E-state index is 0.145. The number of hydrogen-bond donors (Lipinski definition) is 1. The number of thioether (sulfide) groups is 1. The SMILES string of the molecule is CC(C)SCC(N)Cc1ccc(Cl)cc1Cl. The van der Waals surface area contributed by atoms with Crippen LogP contribution in [0.15, 0.2) is 18.2 Å². The van der Waals surface area contributed by atoms with Crippen molar-refractivity contribution in [1.29, 1.82) is 0 Å². The molecule has 0 aliphatic carbocycles. The molecular weight excluding hydrogens is 261 g/mol. The van der Waals surface area contributed by atoms with Gasteiger partial charge in [0, 0.05) is 21.8 Å². The summed E-state index contributed by atoms with van der Waals surface area (Å²) >= 11 is 13.8. The summed E-state index contributed by atoms with van der Waals surface area (Å²) in [6.07, 6.45) is 0.801. The lowest BCUT2D eigenvalue weighted by Crippen LogP contribution is -2.26. The van der Waals surface area contributed by atoms with E-state index in [2.05, 4.69) is 13.8 Å². The van der Waals surface area contributed by atoms with Gasteiger partial charge in [-0.3, -0.25) is 0 Å². The fourth-order valence-electron chi connectivity index (χ4n) is 1.34. The first-order valence-corrected chi connectivity index (χ1v) is 7.10. The number of halogens is 2. The van der Waals surface area contributed by atoms with E-state index in [0.29, 0.717) is 15.3 Å². The van der Waals surface area contributed by atoms with Gasteiger partial charge in [0.05, 0.1) is 0 Å². The number of benzene rings is 1. The van der Waals surface area contributed by atoms with Gasteiger partial charge in [-0.15, -0.1) is 0 Å². The van der Waals surface area contributed by atoms with Gasteiger partial charge in [-0.25, -0.2) is 0 Å². The molecule has 1 nitrogen and oxygen atoms in total. The fourth-order valence-corrected chi connectivity index (χ4v) is 2.58. The lowest BCUT2D eigenvalue weighted by molar-refractivity contribution is 0.747. The molecule has 0 fully saturated rings. The van der Waals surface area contributed by atoms with Crippen LogP contribution in [-0.4, -0.2) is 17.0 Å². The maximum atomic E-state index is 6.09. The highest BCUT2D eigenvalue weighted by Crippen LogP contribution is 2.22. The van der Waals surface area contributed by atoms with Crippen LogP contribution in [0.1, 0.15) is 19.4 Å². The van der Waals surface area contributed by atoms with E-state index >= 15 is 0 Å². The van der Waals surface area contributed by atoms with E-state index in [1.807, 2.05) is 23.9 Å². The molecule has 0 aliphatic rings. The molecule has 1 unspecified atom stereocenters. The van der Waals surface area contributed by atoms with Crippen LogP contribution < -0.4 is 5.73 Å². The predicted molar refractivity (Wildman–Crippen MR) is 75.7 cm³/mol. The molecule has 4 heteroatoms. The average Bonchev–Trinajstić information content (AvgIpc) is 2.19. The highest BCUT2D eigenvalue weighted by atomic mass is 35.5. The summed E-state index contributed by atoms with van der Waals surface area (Å²) in [5.74, 6) is 0.955. The Bertz CT molecular complexity index is 342. The van der Waals surface area contributed by atoms with Gasteiger partial charge < -0.3 is 5.73 Å². The van der Waals surface area contributed by atoms with E-state index in [-0.39, 0.29) is 6.04 Å². The van der Waals surface area contributed by atoms with Gasteiger partial charge in [-0.05, 0) is 29.4 Å². The Kier molecular flexibility index (Phi) is 5.98. The van der Waals surface area contributed by atoms with Gasteiger partial charge in [0.15, 0.2) is 0 Å². The van der Waals surface area contributed by atoms with Crippen molar-refractivity contribution in [2.24, 2.45) is 5.73 Å². The molecule has 1 aromatic carbocycles. The van der Waals surface area contributed by atoms with E-state index in [4.69, 9.17) is 28.9 Å². The third kappa shape index (κ3) is 4.96. The molecule has 1 rings (SSSR count). The average molecular weight is 278 g/mol. The van der Waals surface area contributed by atoms with Crippen LogP contribution in [0.2, 0.25) is 10.0 Å². The third-order valence-corrected chi connectivity index (χ3v) is 4.02. The molecule has 0 spiro atoms. The van der Waals surface area contributed by atoms with E-state index in [9.17, 15) is 0 Å². The molecule has 16 heavy (non-hydrogen) atoms. The Hall–Kier alpha value is 0.110. The third-order valence-electron chi connectivity index (χ3n) is 2.14. The number of hydrogen-bond acceptors (Lipinski definition) is 2. The lowest BCUT2D eigenvalue weighted by atomic mass is 10.1. The Morgan fingerprint density at radius 2 is 2.00 bits per heavy atom. The van der Waals surface area contributed by atoms with Crippen molar-refractivity contribution in [3.63, 3.8) is 0 Å². The maximum absolute atomic E-state index is 6.09. The van der Waals surface area contributed by atoms with Crippen LogP contribution in [0.3, 0.4) is 0 Å². The van der Waals surface area contributed by atoms with Crippen molar-refractivity contribution in [2.45, 2.75) is 31.6 Å². The largest absolute Gasteiger partial charge is 0.327 e. The summed E-state index contributed by atoms with van der Waals surface area (Å²) in [7, 11) is 0. The second kappa shape index (κ2) is 6.75. The zero-order chi connectivity index (χ0) is 12.1. The lowest BCUT2D eigenvalue weighted by Gasteiger charge is -2.14. The van der Waals surface area contributed by atoms with Crippen LogP contribution in [0.5, 0.6) is 0 Å². The van der Waals surface area contributed by atoms with Gasteiger partial charge >= 0.3 is 0 Å². The van der Waals surface area contributed by atoms with Crippen LogP contribution >= 0.6 is 35.0 Å². The first kappa shape index (κ1) is 14.2. The Balaban J connectivity index is 2.52. The Morgan fingerprint density at radius 3 is 2.56 bits per heavy atom. The molecule has 0 bridgehead atoms. The summed E-state index contributed by atoms with van der Waals surface area (Å²) in [6, 6.07) is 5.71. The molecule has 0 aromatic heterocycles. The summed E-state index contributed by atoms with van der Waals surface area (Å²) in [5.41, 5.74) is 7.12. The normalized spacial score (nSPS) is 13.1. The molecule has 0 radical (unpaired) electrons. The molecule has 0 amide bonds. The van der Waals surface area contributed by atoms with Crippen LogP contribution in [-0.2, 0) is 6.42 Å². The molecule has 1 aromatic rings. The quantitative estimate of drug-likeness (QED) is 0.880. The van der Waals surface area contributed by atoms with Crippen molar-refractivity contribution in [3.05, 3.63) is 33.8 Å².